The third-order valence-corrected chi connectivity index (χ3v) is 4.03. The van der Waals surface area contributed by atoms with Gasteiger partial charge in [-0.2, -0.15) is 0 Å². The molecule has 122 valence electrons. The maximum atomic E-state index is 12.4. The van der Waals surface area contributed by atoms with Crippen molar-refractivity contribution >= 4 is 11.7 Å². The number of carbonyl (C=O) groups is 1. The average molecular weight is 317 g/mol. The van der Waals surface area contributed by atoms with Crippen LogP contribution in [0.4, 0.5) is 5.82 Å². The van der Waals surface area contributed by atoms with Gasteiger partial charge in [-0.3, -0.25) is 9.78 Å². The molecule has 0 aromatic carbocycles. The number of likely N-dealkylation sites (N-methyl/N-ethyl adjacent to an activating group) is 1. The van der Waals surface area contributed by atoms with E-state index in [0.717, 1.165) is 5.82 Å². The normalized spacial score (nSPS) is 20.7. The quantitative estimate of drug-likeness (QED) is 0.876. The molecule has 8 heteroatoms. The zero-order chi connectivity index (χ0) is 16.4. The van der Waals surface area contributed by atoms with E-state index < -0.39 is 5.60 Å². The van der Waals surface area contributed by atoms with Crippen molar-refractivity contribution in [2.75, 3.05) is 31.6 Å². The molecule has 1 saturated heterocycles. The number of amides is 1. The van der Waals surface area contributed by atoms with Crippen LogP contribution < -0.4 is 4.90 Å². The minimum absolute atomic E-state index is 0.217. The summed E-state index contributed by atoms with van der Waals surface area (Å²) >= 11 is 0. The molecule has 23 heavy (non-hydrogen) atoms. The molecular weight excluding hydrogens is 298 g/mol. The molecule has 0 saturated carbocycles. The Kier molecular flexibility index (Phi) is 3.99. The second-order valence-corrected chi connectivity index (χ2v) is 5.88. The summed E-state index contributed by atoms with van der Waals surface area (Å²) in [5.41, 5.74) is -0.709. The lowest BCUT2D eigenvalue weighted by Gasteiger charge is -2.28. The molecule has 1 N–H and O–H groups in total. The number of rotatable bonds is 4. The summed E-state index contributed by atoms with van der Waals surface area (Å²) in [6, 6.07) is 0. The van der Waals surface area contributed by atoms with Crippen molar-refractivity contribution in [2.24, 2.45) is 0 Å². The van der Waals surface area contributed by atoms with Gasteiger partial charge in [0.1, 0.15) is 17.2 Å². The molecule has 1 atom stereocenters. The van der Waals surface area contributed by atoms with E-state index >= 15 is 0 Å². The van der Waals surface area contributed by atoms with E-state index in [2.05, 4.69) is 15.0 Å². The van der Waals surface area contributed by atoms with E-state index in [0.29, 0.717) is 25.3 Å². The zero-order valence-electron chi connectivity index (χ0n) is 13.1. The molecule has 1 fully saturated rings. The van der Waals surface area contributed by atoms with Crippen LogP contribution in [-0.4, -0.2) is 63.1 Å². The molecule has 1 aliphatic heterocycles. The first-order valence-corrected chi connectivity index (χ1v) is 7.37. The summed E-state index contributed by atoms with van der Waals surface area (Å²) in [7, 11) is 1.65. The van der Waals surface area contributed by atoms with Gasteiger partial charge < -0.3 is 19.3 Å². The Hall–Kier alpha value is -2.48. The highest BCUT2D eigenvalue weighted by molar-refractivity contribution is 5.93. The van der Waals surface area contributed by atoms with Crippen LogP contribution in [0.3, 0.4) is 0 Å². The number of hydrogen-bond donors (Lipinski definition) is 1. The van der Waals surface area contributed by atoms with Gasteiger partial charge in [-0.15, -0.1) is 0 Å². The van der Waals surface area contributed by atoms with E-state index in [9.17, 15) is 9.90 Å². The first-order valence-electron chi connectivity index (χ1n) is 7.37. The van der Waals surface area contributed by atoms with Gasteiger partial charge in [0.05, 0.1) is 12.7 Å². The Morgan fingerprint density at radius 2 is 2.30 bits per heavy atom. The number of aromatic nitrogens is 3. The molecule has 3 rings (SSSR count). The van der Waals surface area contributed by atoms with Gasteiger partial charge in [-0.1, -0.05) is 0 Å². The number of oxazole rings is 1. The largest absolute Gasteiger partial charge is 0.448 e. The van der Waals surface area contributed by atoms with Gasteiger partial charge in [0, 0.05) is 32.5 Å². The lowest BCUT2D eigenvalue weighted by atomic mass is 10.0. The Balaban J connectivity index is 1.66. The van der Waals surface area contributed by atoms with E-state index in [1.165, 1.54) is 11.3 Å². The van der Waals surface area contributed by atoms with Gasteiger partial charge >= 0.3 is 0 Å². The molecule has 2 aromatic rings. The Morgan fingerprint density at radius 3 is 2.96 bits per heavy atom. The molecular formula is C15H19N5O3. The predicted molar refractivity (Wildman–Crippen MR) is 82.0 cm³/mol. The monoisotopic (exact) mass is 317 g/mol. The lowest BCUT2D eigenvalue weighted by molar-refractivity contribution is 0.0261. The minimum atomic E-state index is -0.987. The van der Waals surface area contributed by atoms with E-state index in [1.807, 2.05) is 4.90 Å². The number of aliphatic hydroxyl groups is 1. The Labute approximate surface area is 133 Å². The summed E-state index contributed by atoms with van der Waals surface area (Å²) in [6.07, 6.45) is 6.70. The van der Waals surface area contributed by atoms with Crippen molar-refractivity contribution in [1.29, 1.82) is 0 Å². The second-order valence-electron chi connectivity index (χ2n) is 5.88. The second kappa shape index (κ2) is 5.96. The number of carbonyl (C=O) groups excluding carboxylic acids is 1. The maximum absolute atomic E-state index is 12.4. The first kappa shape index (κ1) is 15.4. The van der Waals surface area contributed by atoms with Crippen molar-refractivity contribution in [3.8, 4) is 0 Å². The number of aryl methyl sites for hydroxylation is 1. The third kappa shape index (κ3) is 3.16. The highest BCUT2D eigenvalue weighted by Gasteiger charge is 2.39. The van der Waals surface area contributed by atoms with Gasteiger partial charge in [-0.05, 0) is 13.3 Å². The van der Waals surface area contributed by atoms with Crippen molar-refractivity contribution in [2.45, 2.75) is 18.9 Å². The van der Waals surface area contributed by atoms with Gasteiger partial charge in [-0.25, -0.2) is 9.97 Å². The van der Waals surface area contributed by atoms with Crippen LogP contribution in [0.1, 0.15) is 22.7 Å². The third-order valence-electron chi connectivity index (χ3n) is 4.03. The highest BCUT2D eigenvalue weighted by Crippen LogP contribution is 2.26. The van der Waals surface area contributed by atoms with E-state index in [-0.39, 0.29) is 18.1 Å². The number of anilines is 1. The molecule has 2 aromatic heterocycles. The maximum Gasteiger partial charge on any atom is 0.275 e. The molecule has 8 nitrogen and oxygen atoms in total. The summed E-state index contributed by atoms with van der Waals surface area (Å²) in [6.45, 7) is 2.98. The smallest absolute Gasteiger partial charge is 0.275 e. The molecule has 1 aliphatic rings. The fourth-order valence-electron chi connectivity index (χ4n) is 2.84. The predicted octanol–water partition coefficient (Wildman–Crippen LogP) is 0.486. The number of hydrogen-bond acceptors (Lipinski definition) is 7. The van der Waals surface area contributed by atoms with Gasteiger partial charge in [0.15, 0.2) is 12.1 Å². The van der Waals surface area contributed by atoms with Crippen LogP contribution in [-0.2, 0) is 0 Å². The molecule has 0 radical (unpaired) electrons. The van der Waals surface area contributed by atoms with Crippen LogP contribution in [0.15, 0.2) is 29.4 Å². The summed E-state index contributed by atoms with van der Waals surface area (Å²) in [5, 5.41) is 10.8. The van der Waals surface area contributed by atoms with Crippen molar-refractivity contribution in [3.05, 3.63) is 36.4 Å². The summed E-state index contributed by atoms with van der Waals surface area (Å²) in [4.78, 5) is 28.0. The molecule has 0 aliphatic carbocycles. The van der Waals surface area contributed by atoms with Crippen LogP contribution in [0.5, 0.6) is 0 Å². The molecule has 0 bridgehead atoms. The average Bonchev–Trinajstić information content (AvgIpc) is 3.13. The number of β-amino-alcohol motifs (C(OH)–C–C–N with tert-alkyl or cyclic N) is 1. The van der Waals surface area contributed by atoms with E-state index in [4.69, 9.17) is 4.42 Å². The standard InChI is InChI=1S/C15H19N5O3/c1-11-13(18-10-23-11)14(21)19(2)8-15(22)3-6-20(9-15)12-7-16-4-5-17-12/h4-5,7,10,22H,3,6,8-9H2,1-2H3/t15-/m0/s1. The van der Waals surface area contributed by atoms with Crippen molar-refractivity contribution in [3.63, 3.8) is 0 Å². The summed E-state index contributed by atoms with van der Waals surface area (Å²) < 4.78 is 5.06. The molecule has 0 spiro atoms. The van der Waals surface area contributed by atoms with Crippen LogP contribution >= 0.6 is 0 Å². The summed E-state index contributed by atoms with van der Waals surface area (Å²) in [5.74, 6) is 0.939. The molecule has 3 heterocycles. The Bertz CT molecular complexity index is 689. The van der Waals surface area contributed by atoms with Crippen LogP contribution in [0.2, 0.25) is 0 Å². The lowest BCUT2D eigenvalue weighted by Crippen LogP contribution is -2.46. The van der Waals surface area contributed by atoms with Gasteiger partial charge in [0.2, 0.25) is 0 Å². The Morgan fingerprint density at radius 1 is 1.48 bits per heavy atom. The van der Waals surface area contributed by atoms with Crippen molar-refractivity contribution in [1.82, 2.24) is 19.9 Å². The fourth-order valence-corrected chi connectivity index (χ4v) is 2.84. The topological polar surface area (TPSA) is 95.6 Å². The first-order chi connectivity index (χ1) is 11.0. The van der Waals surface area contributed by atoms with Crippen molar-refractivity contribution < 1.29 is 14.3 Å². The molecule has 1 amide bonds. The number of nitrogens with zero attached hydrogens (tertiary/aromatic N) is 5. The molecule has 0 unspecified atom stereocenters. The SMILES string of the molecule is Cc1ocnc1C(=O)N(C)C[C@@]1(O)CCN(c2cnccn2)C1. The van der Waals surface area contributed by atoms with Crippen LogP contribution in [0, 0.1) is 6.92 Å². The minimum Gasteiger partial charge on any atom is -0.448 e. The zero-order valence-corrected chi connectivity index (χ0v) is 13.1. The van der Waals surface area contributed by atoms with E-state index in [1.54, 1.807) is 32.6 Å². The highest BCUT2D eigenvalue weighted by atomic mass is 16.3. The fraction of sp³-hybridized carbons (Fsp3) is 0.467. The van der Waals surface area contributed by atoms with Gasteiger partial charge in [0.25, 0.3) is 5.91 Å². The van der Waals surface area contributed by atoms with Crippen LogP contribution in [0.25, 0.3) is 0 Å².